The third kappa shape index (κ3) is 2.74. The number of nitrogen functional groups attached to an aromatic ring is 1. The summed E-state index contributed by atoms with van der Waals surface area (Å²) in [6.07, 6.45) is 1.48. The minimum absolute atomic E-state index is 0.162. The summed E-state index contributed by atoms with van der Waals surface area (Å²) in [5, 5.41) is 3.98. The van der Waals surface area contributed by atoms with Crippen LogP contribution in [0.4, 0.5) is 5.69 Å². The van der Waals surface area contributed by atoms with E-state index < -0.39 is 0 Å². The average Bonchev–Trinajstić information content (AvgIpc) is 2.77. The highest BCUT2D eigenvalue weighted by Crippen LogP contribution is 2.16. The second-order valence-electron chi connectivity index (χ2n) is 4.58. The number of nitrogens with two attached hydrogens (primary N) is 1. The van der Waals surface area contributed by atoms with Crippen molar-refractivity contribution in [3.63, 3.8) is 0 Å². The fraction of sp³-hybridized carbons (Fsp3) is 0.286. The van der Waals surface area contributed by atoms with E-state index in [-0.39, 0.29) is 5.91 Å². The molecule has 0 saturated carbocycles. The maximum atomic E-state index is 12.4. The van der Waals surface area contributed by atoms with Crippen molar-refractivity contribution < 1.29 is 9.53 Å². The van der Waals surface area contributed by atoms with Gasteiger partial charge < -0.3 is 15.4 Å². The van der Waals surface area contributed by atoms with Gasteiger partial charge in [-0.1, -0.05) is 12.1 Å². The number of amides is 1. The highest BCUT2D eigenvalue weighted by molar-refractivity contribution is 5.97. The zero-order chi connectivity index (χ0) is 14.7. The monoisotopic (exact) mass is 274 g/mol. The van der Waals surface area contributed by atoms with Gasteiger partial charge in [0.05, 0.1) is 19.0 Å². The van der Waals surface area contributed by atoms with Gasteiger partial charge in [-0.2, -0.15) is 5.10 Å². The Balaban J connectivity index is 2.15. The highest BCUT2D eigenvalue weighted by Gasteiger charge is 2.19. The molecule has 6 heteroatoms. The summed E-state index contributed by atoms with van der Waals surface area (Å²) in [6, 6.07) is 7.60. The molecule has 0 unspecified atom stereocenters. The zero-order valence-corrected chi connectivity index (χ0v) is 11.8. The molecule has 1 aromatic heterocycles. The number of hydrogen-bond donors (Lipinski definition) is 1. The molecule has 1 heterocycles. The molecule has 1 aromatic carbocycles. The molecule has 0 aliphatic rings. The third-order valence-corrected chi connectivity index (χ3v) is 3.07. The molecule has 2 aromatic rings. The second kappa shape index (κ2) is 5.64. The predicted molar refractivity (Wildman–Crippen MR) is 76.4 cm³/mol. The summed E-state index contributed by atoms with van der Waals surface area (Å²) >= 11 is 0. The van der Waals surface area contributed by atoms with E-state index in [9.17, 15) is 4.79 Å². The van der Waals surface area contributed by atoms with Gasteiger partial charge >= 0.3 is 0 Å². The molecule has 6 nitrogen and oxygen atoms in total. The average molecular weight is 274 g/mol. The molecule has 0 fully saturated rings. The van der Waals surface area contributed by atoms with Gasteiger partial charge in [0.15, 0.2) is 0 Å². The Morgan fingerprint density at radius 1 is 1.50 bits per heavy atom. The SMILES string of the molecule is COc1cccc(CN(C)C(=O)c2c(N)cnn2C)c1. The fourth-order valence-electron chi connectivity index (χ4n) is 2.01. The molecule has 0 spiro atoms. The van der Waals surface area contributed by atoms with Gasteiger partial charge in [0.1, 0.15) is 11.4 Å². The van der Waals surface area contributed by atoms with Crippen molar-refractivity contribution in [2.45, 2.75) is 6.54 Å². The Morgan fingerprint density at radius 3 is 2.85 bits per heavy atom. The first-order valence-electron chi connectivity index (χ1n) is 6.18. The van der Waals surface area contributed by atoms with Crippen molar-refractivity contribution in [3.05, 3.63) is 41.7 Å². The number of hydrogen-bond acceptors (Lipinski definition) is 4. The standard InChI is InChI=1S/C14H18N4O2/c1-17(9-10-5-4-6-11(7-10)20-3)14(19)13-12(15)8-16-18(13)2/h4-8H,9,15H2,1-3H3. The van der Waals surface area contributed by atoms with Crippen LogP contribution >= 0.6 is 0 Å². The Labute approximate surface area is 117 Å². The lowest BCUT2D eigenvalue weighted by molar-refractivity contribution is 0.0775. The molecule has 0 atom stereocenters. The molecular weight excluding hydrogens is 256 g/mol. The second-order valence-corrected chi connectivity index (χ2v) is 4.58. The van der Waals surface area contributed by atoms with Gasteiger partial charge in [0.2, 0.25) is 0 Å². The minimum Gasteiger partial charge on any atom is -0.497 e. The van der Waals surface area contributed by atoms with Gasteiger partial charge in [-0.3, -0.25) is 9.48 Å². The van der Waals surface area contributed by atoms with Crippen LogP contribution in [0.3, 0.4) is 0 Å². The van der Waals surface area contributed by atoms with Crippen molar-refractivity contribution in [1.29, 1.82) is 0 Å². The van der Waals surface area contributed by atoms with E-state index in [1.807, 2.05) is 24.3 Å². The maximum absolute atomic E-state index is 12.4. The van der Waals surface area contributed by atoms with Crippen molar-refractivity contribution in [2.24, 2.45) is 7.05 Å². The zero-order valence-electron chi connectivity index (χ0n) is 11.8. The number of benzene rings is 1. The first-order chi connectivity index (χ1) is 9.52. The van der Waals surface area contributed by atoms with Crippen molar-refractivity contribution in [3.8, 4) is 5.75 Å². The first-order valence-corrected chi connectivity index (χ1v) is 6.18. The van der Waals surface area contributed by atoms with E-state index >= 15 is 0 Å². The Morgan fingerprint density at radius 2 is 2.25 bits per heavy atom. The molecule has 2 rings (SSSR count). The van der Waals surface area contributed by atoms with Gasteiger partial charge in [-0.05, 0) is 17.7 Å². The van der Waals surface area contributed by atoms with Crippen LogP contribution in [0.1, 0.15) is 16.1 Å². The Bertz CT molecular complexity index is 602. The summed E-state index contributed by atoms with van der Waals surface area (Å²) in [5.74, 6) is 0.605. The molecule has 20 heavy (non-hydrogen) atoms. The topological polar surface area (TPSA) is 73.4 Å². The molecule has 0 bridgehead atoms. The van der Waals surface area contributed by atoms with E-state index in [1.165, 1.54) is 10.9 Å². The molecule has 106 valence electrons. The Hall–Kier alpha value is -2.50. The number of aromatic nitrogens is 2. The normalized spacial score (nSPS) is 10.3. The number of rotatable bonds is 4. The predicted octanol–water partition coefficient (Wildman–Crippen LogP) is 1.28. The van der Waals surface area contributed by atoms with E-state index in [4.69, 9.17) is 10.5 Å². The minimum atomic E-state index is -0.162. The lowest BCUT2D eigenvalue weighted by atomic mass is 10.2. The van der Waals surface area contributed by atoms with E-state index in [1.54, 1.807) is 26.1 Å². The molecule has 2 N–H and O–H groups in total. The smallest absolute Gasteiger partial charge is 0.274 e. The first kappa shape index (κ1) is 13.9. The lowest BCUT2D eigenvalue weighted by Crippen LogP contribution is -2.28. The van der Waals surface area contributed by atoms with Crippen LogP contribution in [0.25, 0.3) is 0 Å². The van der Waals surface area contributed by atoms with E-state index in [0.29, 0.717) is 17.9 Å². The highest BCUT2D eigenvalue weighted by atomic mass is 16.5. The van der Waals surface area contributed by atoms with Crippen LogP contribution in [0.15, 0.2) is 30.5 Å². The van der Waals surface area contributed by atoms with Gasteiger partial charge in [0.25, 0.3) is 5.91 Å². The quantitative estimate of drug-likeness (QED) is 0.911. The summed E-state index contributed by atoms with van der Waals surface area (Å²) in [6.45, 7) is 0.473. The van der Waals surface area contributed by atoms with Crippen LogP contribution in [-0.4, -0.2) is 34.7 Å². The van der Waals surface area contributed by atoms with Gasteiger partial charge in [-0.15, -0.1) is 0 Å². The molecular formula is C14H18N4O2. The number of carbonyl (C=O) groups excluding carboxylic acids is 1. The van der Waals surface area contributed by atoms with Crippen LogP contribution in [0.5, 0.6) is 5.75 Å². The molecule has 0 saturated heterocycles. The summed E-state index contributed by atoms with van der Waals surface area (Å²) < 4.78 is 6.66. The lowest BCUT2D eigenvalue weighted by Gasteiger charge is -2.18. The number of nitrogens with zero attached hydrogens (tertiary/aromatic N) is 3. The fourth-order valence-corrected chi connectivity index (χ4v) is 2.01. The van der Waals surface area contributed by atoms with E-state index in [0.717, 1.165) is 11.3 Å². The van der Waals surface area contributed by atoms with Crippen LogP contribution < -0.4 is 10.5 Å². The number of methoxy groups -OCH3 is 1. The largest absolute Gasteiger partial charge is 0.497 e. The number of anilines is 1. The number of ether oxygens (including phenoxy) is 1. The molecule has 0 radical (unpaired) electrons. The third-order valence-electron chi connectivity index (χ3n) is 3.07. The summed E-state index contributed by atoms with van der Waals surface area (Å²) in [4.78, 5) is 14.0. The summed E-state index contributed by atoms with van der Waals surface area (Å²) in [5.41, 5.74) is 7.54. The van der Waals surface area contributed by atoms with Crippen molar-refractivity contribution >= 4 is 11.6 Å². The van der Waals surface area contributed by atoms with Crippen molar-refractivity contribution in [2.75, 3.05) is 19.9 Å². The van der Waals surface area contributed by atoms with Crippen LogP contribution in [0, 0.1) is 0 Å². The molecule has 0 aliphatic carbocycles. The van der Waals surface area contributed by atoms with Crippen LogP contribution in [0.2, 0.25) is 0 Å². The molecule has 1 amide bonds. The molecule has 0 aliphatic heterocycles. The van der Waals surface area contributed by atoms with Gasteiger partial charge in [-0.25, -0.2) is 0 Å². The number of carbonyl (C=O) groups is 1. The maximum Gasteiger partial charge on any atom is 0.274 e. The van der Waals surface area contributed by atoms with Crippen LogP contribution in [-0.2, 0) is 13.6 Å². The number of aryl methyl sites for hydroxylation is 1. The van der Waals surface area contributed by atoms with Crippen molar-refractivity contribution in [1.82, 2.24) is 14.7 Å². The summed E-state index contributed by atoms with van der Waals surface area (Å²) in [7, 11) is 5.04. The van der Waals surface area contributed by atoms with Gasteiger partial charge in [0, 0.05) is 20.6 Å². The Kier molecular flexibility index (Phi) is 3.93. The van der Waals surface area contributed by atoms with E-state index in [2.05, 4.69) is 5.10 Å².